The summed E-state index contributed by atoms with van der Waals surface area (Å²) in [4.78, 5) is 11.5. The Morgan fingerprint density at radius 3 is 1.77 bits per heavy atom. The van der Waals surface area contributed by atoms with Crippen LogP contribution in [0.1, 0.15) is 117 Å². The standard InChI is InChI=1S/C24H44O2/c1-4-5-6-7-8-9-10-11-12-13-14-15-16-17-18-21-24(25)26-22-19-20-23(2)3/h18-19,21-23H,4-17,20H2,1-3H3. The summed E-state index contributed by atoms with van der Waals surface area (Å²) in [5, 5.41) is 0. The molecule has 152 valence electrons. The van der Waals surface area contributed by atoms with E-state index in [1.165, 1.54) is 89.7 Å². The SMILES string of the molecule is CCCCCCCCCCCCCCCC=CC(=O)OC=CCC(C)C. The minimum atomic E-state index is -0.264. The number of allylic oxidation sites excluding steroid dienone is 2. The molecule has 2 nitrogen and oxygen atoms in total. The third kappa shape index (κ3) is 21.0. The van der Waals surface area contributed by atoms with Gasteiger partial charge in [0.2, 0.25) is 0 Å². The fraction of sp³-hybridized carbons (Fsp3) is 0.792. The van der Waals surface area contributed by atoms with Gasteiger partial charge in [-0.05, 0) is 31.3 Å². The van der Waals surface area contributed by atoms with Gasteiger partial charge in [0, 0.05) is 6.08 Å². The van der Waals surface area contributed by atoms with E-state index in [2.05, 4.69) is 20.8 Å². The van der Waals surface area contributed by atoms with Crippen molar-refractivity contribution in [2.75, 3.05) is 0 Å². The Balaban J connectivity index is 3.27. The Hall–Kier alpha value is -1.05. The minimum Gasteiger partial charge on any atom is -0.432 e. The third-order valence-electron chi connectivity index (χ3n) is 4.62. The maximum absolute atomic E-state index is 11.5. The Morgan fingerprint density at radius 2 is 1.27 bits per heavy atom. The summed E-state index contributed by atoms with van der Waals surface area (Å²) >= 11 is 0. The van der Waals surface area contributed by atoms with E-state index in [9.17, 15) is 4.79 Å². The Bertz CT molecular complexity index is 355. The predicted molar refractivity (Wildman–Crippen MR) is 114 cm³/mol. The molecule has 0 fully saturated rings. The molecule has 0 saturated heterocycles. The first-order chi connectivity index (χ1) is 12.7. The molecule has 0 aromatic rings. The van der Waals surface area contributed by atoms with E-state index >= 15 is 0 Å². The van der Waals surface area contributed by atoms with Gasteiger partial charge < -0.3 is 4.74 Å². The zero-order chi connectivity index (χ0) is 19.3. The van der Waals surface area contributed by atoms with Crippen LogP contribution in [0.5, 0.6) is 0 Å². The van der Waals surface area contributed by atoms with E-state index in [4.69, 9.17) is 4.74 Å². The Labute approximate surface area is 163 Å². The molecule has 0 heterocycles. The van der Waals surface area contributed by atoms with Gasteiger partial charge in [0.15, 0.2) is 0 Å². The van der Waals surface area contributed by atoms with Crippen molar-refractivity contribution in [3.63, 3.8) is 0 Å². The lowest BCUT2D eigenvalue weighted by Gasteiger charge is -2.02. The zero-order valence-electron chi connectivity index (χ0n) is 17.8. The number of carbonyl (C=O) groups is 1. The monoisotopic (exact) mass is 364 g/mol. The van der Waals surface area contributed by atoms with Gasteiger partial charge in [-0.25, -0.2) is 4.79 Å². The van der Waals surface area contributed by atoms with E-state index in [0.29, 0.717) is 5.92 Å². The van der Waals surface area contributed by atoms with E-state index in [-0.39, 0.29) is 5.97 Å². The number of ether oxygens (including phenoxy) is 1. The van der Waals surface area contributed by atoms with Crippen molar-refractivity contribution < 1.29 is 9.53 Å². The maximum atomic E-state index is 11.5. The summed E-state index contributed by atoms with van der Waals surface area (Å²) in [6.45, 7) is 6.56. The van der Waals surface area contributed by atoms with Gasteiger partial charge >= 0.3 is 5.97 Å². The maximum Gasteiger partial charge on any atom is 0.335 e. The van der Waals surface area contributed by atoms with E-state index in [1.54, 1.807) is 6.08 Å². The number of carbonyl (C=O) groups excluding carboxylic acids is 1. The van der Waals surface area contributed by atoms with E-state index < -0.39 is 0 Å². The Kier molecular flexibility index (Phi) is 19.4. The number of hydrogen-bond donors (Lipinski definition) is 0. The lowest BCUT2D eigenvalue weighted by Crippen LogP contribution is -1.93. The second-order valence-electron chi connectivity index (χ2n) is 7.87. The van der Waals surface area contributed by atoms with Gasteiger partial charge in [0.25, 0.3) is 0 Å². The molecule has 0 spiro atoms. The summed E-state index contributed by atoms with van der Waals surface area (Å²) in [5.74, 6) is 0.329. The van der Waals surface area contributed by atoms with Crippen molar-refractivity contribution >= 4 is 5.97 Å². The highest BCUT2D eigenvalue weighted by atomic mass is 16.5. The van der Waals surface area contributed by atoms with Gasteiger partial charge in [-0.2, -0.15) is 0 Å². The largest absolute Gasteiger partial charge is 0.432 e. The van der Waals surface area contributed by atoms with Crippen LogP contribution in [0.3, 0.4) is 0 Å². The number of rotatable bonds is 18. The molecular weight excluding hydrogens is 320 g/mol. The average Bonchev–Trinajstić information content (AvgIpc) is 2.62. The smallest absolute Gasteiger partial charge is 0.335 e. The minimum absolute atomic E-state index is 0.264. The molecule has 0 aliphatic rings. The molecule has 0 aromatic heterocycles. The topological polar surface area (TPSA) is 26.3 Å². The van der Waals surface area contributed by atoms with Crippen molar-refractivity contribution in [3.8, 4) is 0 Å². The summed E-state index contributed by atoms with van der Waals surface area (Å²) in [7, 11) is 0. The first-order valence-electron chi connectivity index (χ1n) is 11.2. The van der Waals surface area contributed by atoms with Gasteiger partial charge in [-0.15, -0.1) is 0 Å². The van der Waals surface area contributed by atoms with Crippen LogP contribution in [0.2, 0.25) is 0 Å². The molecule has 0 saturated carbocycles. The van der Waals surface area contributed by atoms with E-state index in [1.807, 2.05) is 12.2 Å². The lowest BCUT2D eigenvalue weighted by atomic mass is 10.0. The molecule has 0 bridgehead atoms. The molecule has 0 atom stereocenters. The van der Waals surface area contributed by atoms with Gasteiger partial charge in [-0.3, -0.25) is 0 Å². The van der Waals surface area contributed by atoms with Crippen LogP contribution in [0.4, 0.5) is 0 Å². The number of esters is 1. The van der Waals surface area contributed by atoms with Crippen molar-refractivity contribution in [2.45, 2.75) is 117 Å². The fourth-order valence-corrected chi connectivity index (χ4v) is 2.94. The summed E-state index contributed by atoms with van der Waals surface area (Å²) < 4.78 is 5.01. The van der Waals surface area contributed by atoms with Crippen LogP contribution >= 0.6 is 0 Å². The van der Waals surface area contributed by atoms with Crippen LogP contribution in [-0.4, -0.2) is 5.97 Å². The predicted octanol–water partition coefficient (Wildman–Crippen LogP) is 8.13. The van der Waals surface area contributed by atoms with Crippen LogP contribution in [0.25, 0.3) is 0 Å². The quantitative estimate of drug-likeness (QED) is 0.106. The van der Waals surface area contributed by atoms with Crippen molar-refractivity contribution in [1.82, 2.24) is 0 Å². The first-order valence-corrected chi connectivity index (χ1v) is 11.2. The molecule has 0 aliphatic carbocycles. The van der Waals surface area contributed by atoms with Gasteiger partial charge in [-0.1, -0.05) is 104 Å². The van der Waals surface area contributed by atoms with Crippen LogP contribution in [0.15, 0.2) is 24.5 Å². The molecule has 0 aromatic carbocycles. The van der Waals surface area contributed by atoms with E-state index in [0.717, 1.165) is 12.8 Å². The normalized spacial score (nSPS) is 11.8. The summed E-state index contributed by atoms with van der Waals surface area (Å²) in [5.41, 5.74) is 0. The van der Waals surface area contributed by atoms with Crippen molar-refractivity contribution in [1.29, 1.82) is 0 Å². The molecule has 2 heteroatoms. The summed E-state index contributed by atoms with van der Waals surface area (Å²) in [6, 6.07) is 0. The molecule has 0 aliphatic heterocycles. The fourth-order valence-electron chi connectivity index (χ4n) is 2.94. The molecule has 0 amide bonds. The van der Waals surface area contributed by atoms with Crippen LogP contribution in [0, 0.1) is 5.92 Å². The molecule has 0 N–H and O–H groups in total. The lowest BCUT2D eigenvalue weighted by molar-refractivity contribution is -0.132. The zero-order valence-corrected chi connectivity index (χ0v) is 17.8. The highest BCUT2D eigenvalue weighted by molar-refractivity contribution is 5.82. The van der Waals surface area contributed by atoms with Crippen LogP contribution in [-0.2, 0) is 9.53 Å². The van der Waals surface area contributed by atoms with Crippen molar-refractivity contribution in [2.24, 2.45) is 5.92 Å². The first kappa shape index (κ1) is 24.9. The highest BCUT2D eigenvalue weighted by Gasteiger charge is 1.95. The Morgan fingerprint density at radius 1 is 0.769 bits per heavy atom. The average molecular weight is 365 g/mol. The number of hydrogen-bond acceptors (Lipinski definition) is 2. The molecule has 0 rings (SSSR count). The second kappa shape index (κ2) is 20.3. The molecule has 0 unspecified atom stereocenters. The second-order valence-corrected chi connectivity index (χ2v) is 7.87. The van der Waals surface area contributed by atoms with Crippen LogP contribution < -0.4 is 0 Å². The van der Waals surface area contributed by atoms with Gasteiger partial charge in [0.05, 0.1) is 6.26 Å². The molecule has 26 heavy (non-hydrogen) atoms. The number of unbranched alkanes of at least 4 members (excludes halogenated alkanes) is 13. The molecular formula is C24H44O2. The highest BCUT2D eigenvalue weighted by Crippen LogP contribution is 2.13. The molecule has 0 radical (unpaired) electrons. The van der Waals surface area contributed by atoms with Gasteiger partial charge in [0.1, 0.15) is 0 Å². The third-order valence-corrected chi connectivity index (χ3v) is 4.62. The summed E-state index contributed by atoms with van der Waals surface area (Å²) in [6.07, 6.45) is 26.6. The van der Waals surface area contributed by atoms with Crippen molar-refractivity contribution in [3.05, 3.63) is 24.5 Å².